The van der Waals surface area contributed by atoms with Crippen LogP contribution in [0.1, 0.15) is 39.8 Å². The van der Waals surface area contributed by atoms with Crippen LogP contribution >= 0.6 is 0 Å². The Morgan fingerprint density at radius 3 is 2.83 bits per heavy atom. The summed E-state index contributed by atoms with van der Waals surface area (Å²) in [6.07, 6.45) is 1.25. The van der Waals surface area contributed by atoms with E-state index >= 15 is 0 Å². The first kappa shape index (κ1) is 20.0. The SMILES string of the molecule is CC1CCO[C@@H]2Cn3cc(C(=O)NCc4ccc(F)cc4F)c(=O)c(O)c3C(=O)N12. The zero-order valence-electron chi connectivity index (χ0n) is 16.0. The van der Waals surface area contributed by atoms with E-state index in [1.807, 2.05) is 6.92 Å². The number of ether oxygens (including phenoxy) is 1. The van der Waals surface area contributed by atoms with Crippen molar-refractivity contribution in [2.45, 2.75) is 38.7 Å². The van der Waals surface area contributed by atoms with Gasteiger partial charge in [-0.2, -0.15) is 0 Å². The molecular weight excluding hydrogens is 400 g/mol. The van der Waals surface area contributed by atoms with Gasteiger partial charge >= 0.3 is 0 Å². The molecule has 3 heterocycles. The smallest absolute Gasteiger partial charge is 0.276 e. The summed E-state index contributed by atoms with van der Waals surface area (Å²) >= 11 is 0. The molecule has 0 radical (unpaired) electrons. The predicted octanol–water partition coefficient (Wildman–Crippen LogP) is 1.35. The summed E-state index contributed by atoms with van der Waals surface area (Å²) in [5, 5.41) is 12.7. The minimum Gasteiger partial charge on any atom is -0.503 e. The van der Waals surface area contributed by atoms with E-state index in [4.69, 9.17) is 4.74 Å². The van der Waals surface area contributed by atoms with E-state index in [9.17, 15) is 28.3 Å². The molecule has 1 aromatic carbocycles. The summed E-state index contributed by atoms with van der Waals surface area (Å²) in [5.41, 5.74) is -1.57. The Balaban J connectivity index is 1.63. The second kappa shape index (κ2) is 7.52. The Labute approximate surface area is 169 Å². The number of carbonyl (C=O) groups is 2. The Morgan fingerprint density at radius 2 is 2.10 bits per heavy atom. The molecule has 158 valence electrons. The molecule has 0 aliphatic carbocycles. The van der Waals surface area contributed by atoms with Crippen molar-refractivity contribution in [1.82, 2.24) is 14.8 Å². The summed E-state index contributed by atoms with van der Waals surface area (Å²) in [6, 6.07) is 2.79. The number of benzene rings is 1. The summed E-state index contributed by atoms with van der Waals surface area (Å²) in [6.45, 7) is 2.18. The minimum absolute atomic E-state index is 0.0300. The van der Waals surface area contributed by atoms with Gasteiger partial charge < -0.3 is 24.6 Å². The molecule has 8 nitrogen and oxygen atoms in total. The Morgan fingerprint density at radius 1 is 1.33 bits per heavy atom. The van der Waals surface area contributed by atoms with Crippen LogP contribution in [-0.2, 0) is 17.8 Å². The number of amides is 2. The Kier molecular flexibility index (Phi) is 5.02. The van der Waals surface area contributed by atoms with Crippen LogP contribution in [0.5, 0.6) is 5.75 Å². The molecule has 1 unspecified atom stereocenters. The second-order valence-electron chi connectivity index (χ2n) is 7.32. The van der Waals surface area contributed by atoms with Crippen molar-refractivity contribution in [3.63, 3.8) is 0 Å². The van der Waals surface area contributed by atoms with Crippen LogP contribution in [0.4, 0.5) is 8.78 Å². The third-order valence-corrected chi connectivity index (χ3v) is 5.38. The molecule has 2 N–H and O–H groups in total. The maximum Gasteiger partial charge on any atom is 0.276 e. The summed E-state index contributed by atoms with van der Waals surface area (Å²) < 4.78 is 33.7. The molecule has 0 bridgehead atoms. The summed E-state index contributed by atoms with van der Waals surface area (Å²) in [4.78, 5) is 39.4. The lowest BCUT2D eigenvalue weighted by Gasteiger charge is -2.44. The van der Waals surface area contributed by atoms with E-state index in [0.29, 0.717) is 19.1 Å². The number of carbonyl (C=O) groups excluding carboxylic acids is 2. The maximum absolute atomic E-state index is 13.8. The van der Waals surface area contributed by atoms with Crippen LogP contribution in [-0.4, -0.2) is 45.3 Å². The lowest BCUT2D eigenvalue weighted by atomic mass is 10.1. The topological polar surface area (TPSA) is 101 Å². The number of aromatic nitrogens is 1. The molecule has 2 aliphatic rings. The first-order valence-electron chi connectivity index (χ1n) is 9.40. The van der Waals surface area contributed by atoms with Crippen molar-refractivity contribution in [3.05, 3.63) is 63.1 Å². The molecule has 10 heteroatoms. The zero-order chi connectivity index (χ0) is 21.6. The Bertz CT molecular complexity index is 1100. The maximum atomic E-state index is 13.8. The largest absolute Gasteiger partial charge is 0.503 e. The van der Waals surface area contributed by atoms with Crippen molar-refractivity contribution in [2.24, 2.45) is 0 Å². The first-order chi connectivity index (χ1) is 14.3. The molecule has 0 spiro atoms. The predicted molar refractivity (Wildman–Crippen MR) is 99.9 cm³/mol. The van der Waals surface area contributed by atoms with Gasteiger partial charge in [-0.25, -0.2) is 8.78 Å². The number of hydrogen-bond acceptors (Lipinski definition) is 5. The van der Waals surface area contributed by atoms with Crippen molar-refractivity contribution in [3.8, 4) is 5.75 Å². The molecule has 1 saturated heterocycles. The van der Waals surface area contributed by atoms with E-state index in [1.54, 1.807) is 0 Å². The van der Waals surface area contributed by atoms with Gasteiger partial charge in [-0.05, 0) is 19.4 Å². The van der Waals surface area contributed by atoms with Gasteiger partial charge in [0.25, 0.3) is 11.8 Å². The number of hydrogen-bond donors (Lipinski definition) is 2. The van der Waals surface area contributed by atoms with Crippen LogP contribution in [0, 0.1) is 11.6 Å². The van der Waals surface area contributed by atoms with Crippen LogP contribution in [0.25, 0.3) is 0 Å². The van der Waals surface area contributed by atoms with Crippen molar-refractivity contribution in [1.29, 1.82) is 0 Å². The van der Waals surface area contributed by atoms with Crippen molar-refractivity contribution in [2.75, 3.05) is 6.61 Å². The molecule has 2 aliphatic heterocycles. The lowest BCUT2D eigenvalue weighted by molar-refractivity contribution is -0.112. The van der Waals surface area contributed by atoms with Gasteiger partial charge in [0, 0.05) is 30.4 Å². The normalized spacial score (nSPS) is 20.5. The molecule has 4 rings (SSSR count). The highest BCUT2D eigenvalue weighted by Gasteiger charge is 2.41. The van der Waals surface area contributed by atoms with Gasteiger partial charge in [-0.3, -0.25) is 14.4 Å². The third-order valence-electron chi connectivity index (χ3n) is 5.38. The quantitative estimate of drug-likeness (QED) is 0.782. The fraction of sp³-hybridized carbons (Fsp3) is 0.350. The number of nitrogens with zero attached hydrogens (tertiary/aromatic N) is 2. The second-order valence-corrected chi connectivity index (χ2v) is 7.32. The lowest BCUT2D eigenvalue weighted by Crippen LogP contribution is -2.57. The van der Waals surface area contributed by atoms with Gasteiger partial charge in [0.2, 0.25) is 5.43 Å². The summed E-state index contributed by atoms with van der Waals surface area (Å²) in [5.74, 6) is -3.82. The number of halogens is 2. The molecule has 0 saturated carbocycles. The average molecular weight is 419 g/mol. The average Bonchev–Trinajstić information content (AvgIpc) is 2.69. The first-order valence-corrected chi connectivity index (χ1v) is 9.40. The number of rotatable bonds is 3. The Hall–Kier alpha value is -3.27. The van der Waals surface area contributed by atoms with E-state index < -0.39 is 46.4 Å². The van der Waals surface area contributed by atoms with E-state index in [1.165, 1.54) is 21.7 Å². The highest BCUT2D eigenvalue weighted by molar-refractivity contribution is 5.99. The van der Waals surface area contributed by atoms with Crippen LogP contribution in [0.3, 0.4) is 0 Å². The monoisotopic (exact) mass is 419 g/mol. The number of fused-ring (bicyclic) bond motifs is 2. The van der Waals surface area contributed by atoms with Gasteiger partial charge in [-0.1, -0.05) is 6.07 Å². The fourth-order valence-corrected chi connectivity index (χ4v) is 3.76. The number of aromatic hydroxyl groups is 1. The molecule has 2 amide bonds. The third kappa shape index (κ3) is 3.32. The van der Waals surface area contributed by atoms with Gasteiger partial charge in [0.15, 0.2) is 17.7 Å². The highest BCUT2D eigenvalue weighted by atomic mass is 19.1. The number of pyridine rings is 1. The summed E-state index contributed by atoms with van der Waals surface area (Å²) in [7, 11) is 0. The van der Waals surface area contributed by atoms with E-state index in [-0.39, 0.29) is 30.4 Å². The fourth-order valence-electron chi connectivity index (χ4n) is 3.76. The van der Waals surface area contributed by atoms with E-state index in [0.717, 1.165) is 6.07 Å². The standard InChI is InChI=1S/C20H19F2N3O5/c1-10-4-5-30-15-9-24-8-13(17(26)18(27)16(24)20(29)25(10)15)19(28)23-7-11-2-3-12(21)6-14(11)22/h2-3,6,8,10,15,27H,4-5,7,9H2,1H3,(H,23,28)/t10?,15-/m1/s1. The van der Waals surface area contributed by atoms with E-state index in [2.05, 4.69) is 5.32 Å². The molecule has 1 fully saturated rings. The van der Waals surface area contributed by atoms with Crippen molar-refractivity contribution < 1.29 is 28.2 Å². The molecule has 1 aromatic heterocycles. The minimum atomic E-state index is -1.00. The highest BCUT2D eigenvalue weighted by Crippen LogP contribution is 2.29. The van der Waals surface area contributed by atoms with Crippen LogP contribution < -0.4 is 10.7 Å². The molecule has 2 aromatic rings. The van der Waals surface area contributed by atoms with Crippen molar-refractivity contribution >= 4 is 11.8 Å². The zero-order valence-corrected chi connectivity index (χ0v) is 16.0. The van der Waals surface area contributed by atoms with Gasteiger partial charge in [0.05, 0.1) is 13.2 Å². The van der Waals surface area contributed by atoms with Gasteiger partial charge in [-0.15, -0.1) is 0 Å². The van der Waals surface area contributed by atoms with Crippen LogP contribution in [0.2, 0.25) is 0 Å². The van der Waals surface area contributed by atoms with Gasteiger partial charge in [0.1, 0.15) is 17.2 Å². The number of nitrogens with one attached hydrogen (secondary N) is 1. The molecule has 30 heavy (non-hydrogen) atoms. The molecule has 2 atom stereocenters. The van der Waals surface area contributed by atoms with Crippen LogP contribution in [0.15, 0.2) is 29.2 Å². The molecular formula is C20H19F2N3O5.